The van der Waals surface area contributed by atoms with Crippen LogP contribution in [0.15, 0.2) is 51.7 Å². The van der Waals surface area contributed by atoms with E-state index in [-0.39, 0.29) is 17.8 Å². The van der Waals surface area contributed by atoms with Crippen molar-refractivity contribution >= 4 is 28.4 Å². The van der Waals surface area contributed by atoms with Crippen LogP contribution >= 0.6 is 0 Å². The van der Waals surface area contributed by atoms with Gasteiger partial charge in [-0.25, -0.2) is 9.48 Å². The van der Waals surface area contributed by atoms with Gasteiger partial charge in [0.1, 0.15) is 6.54 Å². The normalized spacial score (nSPS) is 13.4. The first kappa shape index (κ1) is 18.7. The Morgan fingerprint density at radius 3 is 2.71 bits per heavy atom. The zero-order chi connectivity index (χ0) is 21.5. The summed E-state index contributed by atoms with van der Waals surface area (Å²) >= 11 is 0. The third-order valence-electron chi connectivity index (χ3n) is 4.98. The molecule has 1 fully saturated rings. The van der Waals surface area contributed by atoms with E-state index < -0.39 is 16.6 Å². The molecule has 12 heteroatoms. The van der Waals surface area contributed by atoms with Gasteiger partial charge in [0, 0.05) is 17.3 Å². The van der Waals surface area contributed by atoms with E-state index in [0.29, 0.717) is 23.1 Å². The van der Waals surface area contributed by atoms with Gasteiger partial charge in [0.05, 0.1) is 22.5 Å². The fourth-order valence-electron chi connectivity index (χ4n) is 3.31. The molecule has 156 valence electrons. The number of fused-ring (bicyclic) bond motifs is 1. The number of nitro groups is 1. The molecule has 1 aliphatic carbocycles. The SMILES string of the molecule is O=C(Cn1c(=O)oc2cc([N+](=O)[O-])ccc21)Nc1ccc(-c2nnnn2C2CC2)cc1. The minimum absolute atomic E-state index is 0.0461. The molecule has 1 aliphatic rings. The van der Waals surface area contributed by atoms with E-state index in [9.17, 15) is 19.7 Å². The lowest BCUT2D eigenvalue weighted by Gasteiger charge is -2.07. The number of nitrogens with one attached hydrogen (secondary N) is 1. The van der Waals surface area contributed by atoms with Crippen molar-refractivity contribution in [2.75, 3.05) is 5.32 Å². The minimum atomic E-state index is -0.770. The Morgan fingerprint density at radius 2 is 2.00 bits per heavy atom. The summed E-state index contributed by atoms with van der Waals surface area (Å²) in [5.74, 6) is -0.544. The van der Waals surface area contributed by atoms with Gasteiger partial charge in [-0.2, -0.15) is 0 Å². The molecular formula is C19H15N7O5. The lowest BCUT2D eigenvalue weighted by atomic mass is 10.2. The topological polar surface area (TPSA) is 151 Å². The van der Waals surface area contributed by atoms with Gasteiger partial charge in [0.25, 0.3) is 5.69 Å². The van der Waals surface area contributed by atoms with E-state index in [2.05, 4.69) is 20.8 Å². The molecule has 1 saturated carbocycles. The second-order valence-electron chi connectivity index (χ2n) is 7.17. The number of carbonyl (C=O) groups excluding carboxylic acids is 1. The standard InChI is InChI=1S/C19H15N7O5/c27-17(10-24-15-8-7-14(26(29)30)9-16(15)31-19(24)28)20-12-3-1-11(2-4-12)18-21-22-23-25(18)13-5-6-13/h1-4,7-9,13H,5-6,10H2,(H,20,27). The number of non-ortho nitro benzene ring substituents is 1. The highest BCUT2D eigenvalue weighted by Gasteiger charge is 2.28. The van der Waals surface area contributed by atoms with Crippen LogP contribution in [0.2, 0.25) is 0 Å². The summed E-state index contributed by atoms with van der Waals surface area (Å²) in [5, 5.41) is 25.4. The van der Waals surface area contributed by atoms with Crippen molar-refractivity contribution in [1.29, 1.82) is 0 Å². The maximum atomic E-state index is 12.5. The number of benzene rings is 2. The Bertz CT molecular complexity index is 1360. The highest BCUT2D eigenvalue weighted by Crippen LogP contribution is 2.36. The molecule has 1 amide bonds. The number of oxazole rings is 1. The summed E-state index contributed by atoms with van der Waals surface area (Å²) in [6.45, 7) is -0.300. The number of rotatable bonds is 6. The molecule has 0 radical (unpaired) electrons. The molecule has 1 N–H and O–H groups in total. The molecule has 0 unspecified atom stereocenters. The van der Waals surface area contributed by atoms with E-state index in [4.69, 9.17) is 4.42 Å². The van der Waals surface area contributed by atoms with Gasteiger partial charge in [0.15, 0.2) is 11.4 Å². The Balaban J connectivity index is 1.32. The second-order valence-corrected chi connectivity index (χ2v) is 7.17. The average molecular weight is 421 g/mol. The van der Waals surface area contributed by atoms with Crippen LogP contribution in [0.5, 0.6) is 0 Å². The molecule has 2 heterocycles. The van der Waals surface area contributed by atoms with E-state index in [1.807, 2.05) is 0 Å². The van der Waals surface area contributed by atoms with Crippen molar-refractivity contribution in [2.45, 2.75) is 25.4 Å². The summed E-state index contributed by atoms with van der Waals surface area (Å²) in [6.07, 6.45) is 2.11. The summed E-state index contributed by atoms with van der Waals surface area (Å²) in [4.78, 5) is 34.8. The van der Waals surface area contributed by atoms with Gasteiger partial charge < -0.3 is 9.73 Å². The lowest BCUT2D eigenvalue weighted by molar-refractivity contribution is -0.384. The van der Waals surface area contributed by atoms with Crippen LogP contribution in [0, 0.1) is 10.1 Å². The predicted octanol–water partition coefficient (Wildman–Crippen LogP) is 2.13. The number of hydrogen-bond donors (Lipinski definition) is 1. The van der Waals surface area contributed by atoms with Crippen LogP contribution in [0.25, 0.3) is 22.5 Å². The minimum Gasteiger partial charge on any atom is -0.407 e. The summed E-state index contributed by atoms with van der Waals surface area (Å²) in [7, 11) is 0. The van der Waals surface area contributed by atoms with E-state index >= 15 is 0 Å². The van der Waals surface area contributed by atoms with Crippen LogP contribution < -0.4 is 11.1 Å². The summed E-state index contributed by atoms with van der Waals surface area (Å²) in [5.41, 5.74) is 1.51. The molecule has 31 heavy (non-hydrogen) atoms. The average Bonchev–Trinajstić information content (AvgIpc) is 3.40. The number of tetrazole rings is 1. The third kappa shape index (κ3) is 3.54. The molecule has 4 aromatic rings. The van der Waals surface area contributed by atoms with E-state index in [1.54, 1.807) is 28.9 Å². The fraction of sp³-hybridized carbons (Fsp3) is 0.211. The van der Waals surface area contributed by atoms with Gasteiger partial charge >= 0.3 is 5.76 Å². The quantitative estimate of drug-likeness (QED) is 0.367. The van der Waals surface area contributed by atoms with Gasteiger partial charge in [-0.1, -0.05) is 0 Å². The van der Waals surface area contributed by atoms with Gasteiger partial charge in [0.2, 0.25) is 5.91 Å². The molecular weight excluding hydrogens is 406 g/mol. The first-order valence-electron chi connectivity index (χ1n) is 9.45. The number of carbonyl (C=O) groups is 1. The van der Waals surface area contributed by atoms with Crippen LogP contribution in [0.3, 0.4) is 0 Å². The molecule has 2 aromatic carbocycles. The first-order valence-corrected chi connectivity index (χ1v) is 9.45. The maximum absolute atomic E-state index is 12.5. The highest BCUT2D eigenvalue weighted by atomic mass is 16.6. The zero-order valence-electron chi connectivity index (χ0n) is 16.0. The predicted molar refractivity (Wildman–Crippen MR) is 107 cm³/mol. The monoisotopic (exact) mass is 421 g/mol. The number of nitrogens with zero attached hydrogens (tertiary/aromatic N) is 6. The van der Waals surface area contributed by atoms with E-state index in [0.717, 1.165) is 29.0 Å². The van der Waals surface area contributed by atoms with Gasteiger partial charge in [-0.05, 0) is 53.6 Å². The van der Waals surface area contributed by atoms with Crippen molar-refractivity contribution in [1.82, 2.24) is 24.8 Å². The number of amides is 1. The number of anilines is 1. The van der Waals surface area contributed by atoms with Crippen molar-refractivity contribution < 1.29 is 14.1 Å². The van der Waals surface area contributed by atoms with Crippen molar-refractivity contribution in [3.63, 3.8) is 0 Å². The molecule has 0 aliphatic heterocycles. The molecule has 0 bridgehead atoms. The van der Waals surface area contributed by atoms with Crippen molar-refractivity contribution in [2.24, 2.45) is 0 Å². The highest BCUT2D eigenvalue weighted by molar-refractivity contribution is 5.91. The van der Waals surface area contributed by atoms with Gasteiger partial charge in [-0.3, -0.25) is 19.5 Å². The molecule has 0 atom stereocenters. The van der Waals surface area contributed by atoms with Crippen LogP contribution in [-0.4, -0.2) is 35.6 Å². The molecule has 0 saturated heterocycles. The van der Waals surface area contributed by atoms with Crippen molar-refractivity contribution in [3.05, 3.63) is 63.1 Å². The van der Waals surface area contributed by atoms with Crippen molar-refractivity contribution in [3.8, 4) is 11.4 Å². The van der Waals surface area contributed by atoms with Crippen LogP contribution in [-0.2, 0) is 11.3 Å². The molecule has 2 aromatic heterocycles. The second kappa shape index (κ2) is 7.16. The zero-order valence-corrected chi connectivity index (χ0v) is 16.0. The number of hydrogen-bond acceptors (Lipinski definition) is 8. The van der Waals surface area contributed by atoms with Crippen LogP contribution in [0.4, 0.5) is 11.4 Å². The number of aromatic nitrogens is 5. The molecule has 0 spiro atoms. The molecule has 5 rings (SSSR count). The lowest BCUT2D eigenvalue weighted by Crippen LogP contribution is -2.24. The Hall–Kier alpha value is -4.35. The largest absolute Gasteiger partial charge is 0.420 e. The summed E-state index contributed by atoms with van der Waals surface area (Å²) < 4.78 is 7.95. The summed E-state index contributed by atoms with van der Waals surface area (Å²) in [6, 6.07) is 11.2. The Labute approximate surface area is 173 Å². The Kier molecular flexibility index (Phi) is 4.31. The fourth-order valence-corrected chi connectivity index (χ4v) is 3.31. The maximum Gasteiger partial charge on any atom is 0.420 e. The number of nitro benzene ring substituents is 1. The third-order valence-corrected chi connectivity index (χ3v) is 4.98. The first-order chi connectivity index (χ1) is 15.0. The Morgan fingerprint density at radius 1 is 1.23 bits per heavy atom. The smallest absolute Gasteiger partial charge is 0.407 e. The van der Waals surface area contributed by atoms with Crippen LogP contribution in [0.1, 0.15) is 18.9 Å². The van der Waals surface area contributed by atoms with E-state index in [1.165, 1.54) is 12.1 Å². The van der Waals surface area contributed by atoms with Gasteiger partial charge in [-0.15, -0.1) is 5.10 Å². The molecule has 12 nitrogen and oxygen atoms in total.